The number of hydrogen-bond donors (Lipinski definition) is 1. The molecule has 2 aromatic carbocycles. The fourth-order valence-corrected chi connectivity index (χ4v) is 6.29. The third kappa shape index (κ3) is 6.24. The Balaban J connectivity index is 1.35. The van der Waals surface area contributed by atoms with Crippen LogP contribution in [0.5, 0.6) is 0 Å². The summed E-state index contributed by atoms with van der Waals surface area (Å²) in [6.45, 7) is 7.94. The van der Waals surface area contributed by atoms with E-state index in [9.17, 15) is 13.2 Å². The molecule has 2 heterocycles. The fourth-order valence-electron chi connectivity index (χ4n) is 4.78. The van der Waals surface area contributed by atoms with Gasteiger partial charge in [-0.05, 0) is 68.7 Å². The Bertz CT molecular complexity index is 1050. The van der Waals surface area contributed by atoms with Gasteiger partial charge in [-0.3, -0.25) is 9.69 Å². The standard InChI is InChI=1S/C26H35N3O4S/c1-20-17-28(18-21(2)33-20)19-22-7-9-23(10-8-22)26(30)27-24-11-13-25(14-12-24)34(31,32)29-15-5-3-4-6-16-29/h7-14,20-21H,3-6,15-19H2,1-2H3,(H,27,30). The molecule has 2 unspecified atom stereocenters. The molecule has 0 spiro atoms. The number of nitrogens with one attached hydrogen (secondary N) is 1. The van der Waals surface area contributed by atoms with Crippen LogP contribution in [0.4, 0.5) is 5.69 Å². The monoisotopic (exact) mass is 485 g/mol. The highest BCUT2D eigenvalue weighted by Crippen LogP contribution is 2.22. The summed E-state index contributed by atoms with van der Waals surface area (Å²) in [7, 11) is -3.50. The molecule has 0 aliphatic carbocycles. The summed E-state index contributed by atoms with van der Waals surface area (Å²) >= 11 is 0. The Morgan fingerprint density at radius 3 is 2.09 bits per heavy atom. The van der Waals surface area contributed by atoms with Gasteiger partial charge < -0.3 is 10.1 Å². The summed E-state index contributed by atoms with van der Waals surface area (Å²) in [5.74, 6) is -0.219. The Kier molecular flexibility index (Phi) is 8.03. The largest absolute Gasteiger partial charge is 0.373 e. The summed E-state index contributed by atoms with van der Waals surface area (Å²) in [5, 5.41) is 2.86. The van der Waals surface area contributed by atoms with Crippen LogP contribution >= 0.6 is 0 Å². The number of anilines is 1. The summed E-state index contributed by atoms with van der Waals surface area (Å²) in [6, 6.07) is 14.1. The van der Waals surface area contributed by atoms with E-state index in [0.717, 1.165) is 50.9 Å². The molecule has 8 heteroatoms. The molecule has 34 heavy (non-hydrogen) atoms. The number of amides is 1. The molecule has 2 aliphatic heterocycles. The summed E-state index contributed by atoms with van der Waals surface area (Å²) in [6.07, 6.45) is 4.39. The molecule has 0 saturated carbocycles. The molecule has 7 nitrogen and oxygen atoms in total. The molecule has 2 fully saturated rings. The summed E-state index contributed by atoms with van der Waals surface area (Å²) < 4.78 is 33.2. The van der Waals surface area contributed by atoms with Crippen LogP contribution in [0.1, 0.15) is 55.5 Å². The van der Waals surface area contributed by atoms with Gasteiger partial charge in [0.25, 0.3) is 5.91 Å². The van der Waals surface area contributed by atoms with E-state index in [1.807, 2.05) is 24.3 Å². The maximum Gasteiger partial charge on any atom is 0.255 e. The lowest BCUT2D eigenvalue weighted by Gasteiger charge is -2.35. The van der Waals surface area contributed by atoms with E-state index in [4.69, 9.17) is 4.74 Å². The molecule has 0 bridgehead atoms. The van der Waals surface area contributed by atoms with Gasteiger partial charge in [-0.25, -0.2) is 8.42 Å². The van der Waals surface area contributed by atoms with E-state index in [2.05, 4.69) is 24.1 Å². The quantitative estimate of drug-likeness (QED) is 0.666. The Labute approximate surface area is 203 Å². The van der Waals surface area contributed by atoms with Gasteiger partial charge in [-0.15, -0.1) is 0 Å². The summed E-state index contributed by atoms with van der Waals surface area (Å²) in [4.78, 5) is 15.3. The van der Waals surface area contributed by atoms with Gasteiger partial charge in [0, 0.05) is 44.0 Å². The second kappa shape index (κ2) is 11.0. The van der Waals surface area contributed by atoms with Crippen LogP contribution in [0.25, 0.3) is 0 Å². The van der Waals surface area contributed by atoms with Crippen molar-refractivity contribution in [3.05, 3.63) is 59.7 Å². The first kappa shape index (κ1) is 24.9. The molecule has 1 N–H and O–H groups in total. The number of sulfonamides is 1. The van der Waals surface area contributed by atoms with Crippen molar-refractivity contribution in [1.29, 1.82) is 0 Å². The van der Waals surface area contributed by atoms with Crippen molar-refractivity contribution in [2.45, 2.75) is 63.2 Å². The van der Waals surface area contributed by atoms with Gasteiger partial charge in [0.2, 0.25) is 10.0 Å². The molecule has 2 aliphatic rings. The molecule has 0 radical (unpaired) electrons. The number of benzene rings is 2. The lowest BCUT2D eigenvalue weighted by Crippen LogP contribution is -2.44. The number of rotatable bonds is 6. The molecule has 2 aromatic rings. The zero-order valence-electron chi connectivity index (χ0n) is 20.1. The Morgan fingerprint density at radius 2 is 1.50 bits per heavy atom. The average molecular weight is 486 g/mol. The minimum absolute atomic E-state index is 0.219. The number of morpholine rings is 1. The van der Waals surface area contributed by atoms with Crippen molar-refractivity contribution >= 4 is 21.6 Å². The molecule has 0 aromatic heterocycles. The fraction of sp³-hybridized carbons (Fsp3) is 0.500. The van der Waals surface area contributed by atoms with Crippen LogP contribution < -0.4 is 5.32 Å². The van der Waals surface area contributed by atoms with Crippen molar-refractivity contribution < 1.29 is 17.9 Å². The highest BCUT2D eigenvalue weighted by atomic mass is 32.2. The number of ether oxygens (including phenoxy) is 1. The number of hydrogen-bond acceptors (Lipinski definition) is 5. The van der Waals surface area contributed by atoms with Gasteiger partial charge in [0.1, 0.15) is 0 Å². The third-order valence-electron chi connectivity index (χ3n) is 6.43. The van der Waals surface area contributed by atoms with E-state index in [0.29, 0.717) is 24.3 Å². The first-order valence-electron chi connectivity index (χ1n) is 12.2. The highest BCUT2D eigenvalue weighted by Gasteiger charge is 2.25. The minimum atomic E-state index is -3.50. The smallest absolute Gasteiger partial charge is 0.255 e. The van der Waals surface area contributed by atoms with Gasteiger partial charge in [-0.1, -0.05) is 25.0 Å². The van der Waals surface area contributed by atoms with Crippen LogP contribution in [-0.4, -0.2) is 61.9 Å². The number of carbonyl (C=O) groups excluding carboxylic acids is 1. The van der Waals surface area contributed by atoms with Crippen LogP contribution in [0, 0.1) is 0 Å². The second-order valence-corrected chi connectivity index (χ2v) is 11.4. The van der Waals surface area contributed by atoms with Crippen molar-refractivity contribution in [2.24, 2.45) is 0 Å². The van der Waals surface area contributed by atoms with E-state index < -0.39 is 10.0 Å². The van der Waals surface area contributed by atoms with Crippen molar-refractivity contribution in [2.75, 3.05) is 31.5 Å². The maximum absolute atomic E-state index is 12.9. The predicted octanol–water partition coefficient (Wildman–Crippen LogP) is 4.11. The van der Waals surface area contributed by atoms with Gasteiger partial charge in [0.15, 0.2) is 0 Å². The number of nitrogens with zero attached hydrogens (tertiary/aromatic N) is 2. The number of carbonyl (C=O) groups is 1. The van der Waals surface area contributed by atoms with Crippen LogP contribution in [0.15, 0.2) is 53.4 Å². The molecular weight excluding hydrogens is 450 g/mol. The van der Waals surface area contributed by atoms with Crippen molar-refractivity contribution in [1.82, 2.24) is 9.21 Å². The van der Waals surface area contributed by atoms with Crippen molar-refractivity contribution in [3.8, 4) is 0 Å². The van der Waals surface area contributed by atoms with Gasteiger partial charge in [-0.2, -0.15) is 4.31 Å². The predicted molar refractivity (Wildman–Crippen MR) is 133 cm³/mol. The SMILES string of the molecule is CC1CN(Cc2ccc(C(=O)Nc3ccc(S(=O)(=O)N4CCCCCC4)cc3)cc2)CC(C)O1. The second-order valence-electron chi connectivity index (χ2n) is 9.45. The third-order valence-corrected chi connectivity index (χ3v) is 8.35. The van der Waals surface area contributed by atoms with Gasteiger partial charge in [0.05, 0.1) is 17.1 Å². The normalized spacial score (nSPS) is 22.8. The average Bonchev–Trinajstić information content (AvgIpc) is 3.09. The lowest BCUT2D eigenvalue weighted by molar-refractivity contribution is -0.0704. The van der Waals surface area contributed by atoms with E-state index in [1.165, 1.54) is 0 Å². The van der Waals surface area contributed by atoms with Crippen LogP contribution in [0.2, 0.25) is 0 Å². The molecule has 4 rings (SSSR count). The molecule has 2 saturated heterocycles. The molecule has 2 atom stereocenters. The Morgan fingerprint density at radius 1 is 0.912 bits per heavy atom. The van der Waals surface area contributed by atoms with Crippen LogP contribution in [0.3, 0.4) is 0 Å². The first-order chi connectivity index (χ1) is 16.3. The zero-order chi connectivity index (χ0) is 24.1. The van der Waals surface area contributed by atoms with Gasteiger partial charge >= 0.3 is 0 Å². The van der Waals surface area contributed by atoms with Crippen LogP contribution in [-0.2, 0) is 21.3 Å². The zero-order valence-corrected chi connectivity index (χ0v) is 20.9. The van der Waals surface area contributed by atoms with Crippen molar-refractivity contribution in [3.63, 3.8) is 0 Å². The van der Waals surface area contributed by atoms with E-state index in [-0.39, 0.29) is 23.0 Å². The maximum atomic E-state index is 12.9. The highest BCUT2D eigenvalue weighted by molar-refractivity contribution is 7.89. The topological polar surface area (TPSA) is 79.0 Å². The summed E-state index contributed by atoms with van der Waals surface area (Å²) in [5.41, 5.74) is 2.29. The Hall–Kier alpha value is -2.26. The lowest BCUT2D eigenvalue weighted by atomic mass is 10.1. The first-order valence-corrected chi connectivity index (χ1v) is 13.6. The molecular formula is C26H35N3O4S. The van der Waals surface area contributed by atoms with E-state index >= 15 is 0 Å². The van der Waals surface area contributed by atoms with E-state index in [1.54, 1.807) is 28.6 Å². The molecule has 184 valence electrons. The molecule has 1 amide bonds. The minimum Gasteiger partial charge on any atom is -0.373 e.